The summed E-state index contributed by atoms with van der Waals surface area (Å²) in [4.78, 5) is 0.842. The second kappa shape index (κ2) is 7.33. The largest absolute Gasteiger partial charge is 0.387 e. The van der Waals surface area contributed by atoms with Crippen LogP contribution >= 0.6 is 23.1 Å². The quantitative estimate of drug-likeness (QED) is 0.847. The summed E-state index contributed by atoms with van der Waals surface area (Å²) in [6, 6.07) is 0. The van der Waals surface area contributed by atoms with Crippen LogP contribution in [0, 0.1) is 0 Å². The molecule has 0 radical (unpaired) electrons. The van der Waals surface area contributed by atoms with E-state index in [9.17, 15) is 5.11 Å². The predicted octanol–water partition coefficient (Wildman–Crippen LogP) is 3.20. The van der Waals surface area contributed by atoms with E-state index in [1.165, 1.54) is 11.5 Å². The fourth-order valence-corrected chi connectivity index (χ4v) is 3.39. The third-order valence-corrected chi connectivity index (χ3v) is 4.76. The SMILES string of the molecule is CCCc1nnsc1C(O)Cc1c(Cl)c(CC)nn1CC. The Hall–Kier alpha value is -0.980. The maximum atomic E-state index is 10.5. The van der Waals surface area contributed by atoms with Gasteiger partial charge < -0.3 is 5.11 Å². The molecule has 21 heavy (non-hydrogen) atoms. The van der Waals surface area contributed by atoms with E-state index in [0.717, 1.165) is 47.8 Å². The molecule has 0 spiro atoms. The number of aromatic nitrogens is 4. The van der Waals surface area contributed by atoms with Crippen LogP contribution in [0.5, 0.6) is 0 Å². The lowest BCUT2D eigenvalue weighted by atomic mass is 10.1. The van der Waals surface area contributed by atoms with Crippen molar-refractivity contribution < 1.29 is 5.11 Å². The molecule has 5 nitrogen and oxygen atoms in total. The lowest BCUT2D eigenvalue weighted by Gasteiger charge is -2.11. The second-order valence-electron chi connectivity index (χ2n) is 4.93. The molecule has 7 heteroatoms. The Kier molecular flexibility index (Phi) is 5.72. The summed E-state index contributed by atoms with van der Waals surface area (Å²) < 4.78 is 5.84. The van der Waals surface area contributed by atoms with E-state index < -0.39 is 6.10 Å². The highest BCUT2D eigenvalue weighted by Crippen LogP contribution is 2.29. The summed E-state index contributed by atoms with van der Waals surface area (Å²) >= 11 is 7.66. The lowest BCUT2D eigenvalue weighted by Crippen LogP contribution is -2.09. The second-order valence-corrected chi connectivity index (χ2v) is 6.09. The van der Waals surface area contributed by atoms with Crippen molar-refractivity contribution in [2.24, 2.45) is 0 Å². The molecule has 0 aliphatic rings. The first-order valence-electron chi connectivity index (χ1n) is 7.35. The van der Waals surface area contributed by atoms with Crippen LogP contribution in [0.25, 0.3) is 0 Å². The standard InChI is InChI=1S/C14H21ClN4OS/c1-4-7-10-14(21-18-16-10)12(20)8-11-13(15)9(5-2)17-19(11)6-3/h12,20H,4-8H2,1-3H3. The highest BCUT2D eigenvalue weighted by Gasteiger charge is 2.22. The highest BCUT2D eigenvalue weighted by atomic mass is 35.5. The van der Waals surface area contributed by atoms with Gasteiger partial charge in [-0.15, -0.1) is 5.10 Å². The van der Waals surface area contributed by atoms with Crippen LogP contribution in [-0.4, -0.2) is 24.5 Å². The van der Waals surface area contributed by atoms with Gasteiger partial charge in [-0.1, -0.05) is 36.4 Å². The fraction of sp³-hybridized carbons (Fsp3) is 0.643. The Labute approximate surface area is 134 Å². The third-order valence-electron chi connectivity index (χ3n) is 3.46. The first-order chi connectivity index (χ1) is 10.1. The molecule has 1 atom stereocenters. The van der Waals surface area contributed by atoms with E-state index in [0.29, 0.717) is 11.4 Å². The van der Waals surface area contributed by atoms with Crippen molar-refractivity contribution in [3.8, 4) is 0 Å². The predicted molar refractivity (Wildman–Crippen MR) is 84.9 cm³/mol. The van der Waals surface area contributed by atoms with Crippen molar-refractivity contribution in [3.05, 3.63) is 27.0 Å². The number of hydrogen-bond donors (Lipinski definition) is 1. The van der Waals surface area contributed by atoms with Gasteiger partial charge in [0.05, 0.1) is 33.1 Å². The molecule has 0 aromatic carbocycles. The molecular weight excluding hydrogens is 308 g/mol. The number of halogens is 1. The molecule has 0 bridgehead atoms. The summed E-state index contributed by atoms with van der Waals surface area (Å²) in [6.07, 6.45) is 2.43. The van der Waals surface area contributed by atoms with Crippen LogP contribution in [0.15, 0.2) is 0 Å². The van der Waals surface area contributed by atoms with Crippen LogP contribution in [0.1, 0.15) is 55.3 Å². The minimum absolute atomic E-state index is 0.445. The van der Waals surface area contributed by atoms with E-state index in [2.05, 4.69) is 21.6 Å². The van der Waals surface area contributed by atoms with Crippen LogP contribution in [0.3, 0.4) is 0 Å². The van der Waals surface area contributed by atoms with Gasteiger partial charge in [0, 0.05) is 13.0 Å². The van der Waals surface area contributed by atoms with Crippen LogP contribution in [0.2, 0.25) is 5.02 Å². The zero-order valence-corrected chi connectivity index (χ0v) is 14.2. The molecule has 0 aliphatic carbocycles. The number of hydrogen-bond acceptors (Lipinski definition) is 5. The molecule has 2 aromatic heterocycles. The maximum Gasteiger partial charge on any atom is 0.0972 e. The molecule has 0 aliphatic heterocycles. The smallest absolute Gasteiger partial charge is 0.0972 e. The Balaban J connectivity index is 2.24. The van der Waals surface area contributed by atoms with Crippen molar-refractivity contribution in [3.63, 3.8) is 0 Å². The number of aliphatic hydroxyl groups excluding tert-OH is 1. The average Bonchev–Trinajstić information content (AvgIpc) is 3.05. The molecule has 0 saturated heterocycles. The molecule has 0 fully saturated rings. The minimum Gasteiger partial charge on any atom is -0.387 e. The normalized spacial score (nSPS) is 12.8. The fourth-order valence-electron chi connectivity index (χ4n) is 2.37. The van der Waals surface area contributed by atoms with Gasteiger partial charge in [-0.25, -0.2) is 0 Å². The molecule has 2 aromatic rings. The van der Waals surface area contributed by atoms with Gasteiger partial charge >= 0.3 is 0 Å². The monoisotopic (exact) mass is 328 g/mol. The van der Waals surface area contributed by atoms with Gasteiger partial charge in [-0.2, -0.15) is 5.10 Å². The number of aryl methyl sites for hydroxylation is 3. The molecule has 1 unspecified atom stereocenters. The minimum atomic E-state index is -0.629. The maximum absolute atomic E-state index is 10.5. The van der Waals surface area contributed by atoms with Crippen molar-refractivity contribution in [1.82, 2.24) is 19.4 Å². The number of rotatable bonds is 7. The van der Waals surface area contributed by atoms with Gasteiger partial charge in [0.1, 0.15) is 0 Å². The molecule has 0 saturated carbocycles. The summed E-state index contributed by atoms with van der Waals surface area (Å²) in [5, 5.41) is 19.8. The molecule has 0 amide bonds. The van der Waals surface area contributed by atoms with Crippen molar-refractivity contribution in [1.29, 1.82) is 0 Å². The highest BCUT2D eigenvalue weighted by molar-refractivity contribution is 7.05. The van der Waals surface area contributed by atoms with Gasteiger partial charge in [0.15, 0.2) is 0 Å². The first kappa shape index (κ1) is 16.4. The van der Waals surface area contributed by atoms with Gasteiger partial charge in [-0.3, -0.25) is 4.68 Å². The number of aliphatic hydroxyl groups is 1. The topological polar surface area (TPSA) is 63.8 Å². The Morgan fingerprint density at radius 2 is 2.05 bits per heavy atom. The first-order valence-corrected chi connectivity index (χ1v) is 8.50. The Morgan fingerprint density at radius 1 is 1.29 bits per heavy atom. The number of nitrogens with zero attached hydrogens (tertiary/aromatic N) is 4. The zero-order chi connectivity index (χ0) is 15.4. The summed E-state index contributed by atoms with van der Waals surface area (Å²) in [5.41, 5.74) is 2.67. The van der Waals surface area contributed by atoms with E-state index in [1.54, 1.807) is 0 Å². The van der Waals surface area contributed by atoms with Gasteiger partial charge in [0.2, 0.25) is 0 Å². The van der Waals surface area contributed by atoms with Crippen LogP contribution < -0.4 is 0 Å². The summed E-state index contributed by atoms with van der Waals surface area (Å²) in [6.45, 7) is 6.88. The molecular formula is C14H21ClN4OS. The van der Waals surface area contributed by atoms with Crippen LogP contribution in [0.4, 0.5) is 0 Å². The zero-order valence-electron chi connectivity index (χ0n) is 12.6. The molecule has 2 rings (SSSR count). The molecule has 2 heterocycles. The van der Waals surface area contributed by atoms with E-state index in [4.69, 9.17) is 11.6 Å². The van der Waals surface area contributed by atoms with Crippen molar-refractivity contribution in [2.45, 2.75) is 59.1 Å². The average molecular weight is 329 g/mol. The van der Waals surface area contributed by atoms with E-state index in [-0.39, 0.29) is 0 Å². The van der Waals surface area contributed by atoms with Crippen LogP contribution in [-0.2, 0) is 25.8 Å². The Bertz CT molecular complexity index is 596. The van der Waals surface area contributed by atoms with E-state index in [1.807, 2.05) is 18.5 Å². The van der Waals surface area contributed by atoms with Gasteiger partial charge in [-0.05, 0) is 31.3 Å². The van der Waals surface area contributed by atoms with Crippen molar-refractivity contribution in [2.75, 3.05) is 0 Å². The summed E-state index contributed by atoms with van der Waals surface area (Å²) in [5.74, 6) is 0. The third kappa shape index (κ3) is 3.44. The van der Waals surface area contributed by atoms with E-state index >= 15 is 0 Å². The molecule has 1 N–H and O–H groups in total. The Morgan fingerprint density at radius 3 is 2.67 bits per heavy atom. The van der Waals surface area contributed by atoms with Crippen molar-refractivity contribution >= 4 is 23.1 Å². The summed E-state index contributed by atoms with van der Waals surface area (Å²) in [7, 11) is 0. The lowest BCUT2D eigenvalue weighted by molar-refractivity contribution is 0.178. The molecule has 116 valence electrons. The van der Waals surface area contributed by atoms with Gasteiger partial charge in [0.25, 0.3) is 0 Å².